The highest BCUT2D eigenvalue weighted by atomic mass is 16.5. The SMILES string of the molecule is Cc1ccccc1-n1c(-c2cc(C(=O)N(C)Cc3cccc[n+]3O)c(O)cc2O)n[nH]c1=O. The van der Waals surface area contributed by atoms with Gasteiger partial charge in [0.2, 0.25) is 6.20 Å². The van der Waals surface area contributed by atoms with Crippen LogP contribution in [0, 0.1) is 6.92 Å². The van der Waals surface area contributed by atoms with Crippen LogP contribution in [0.25, 0.3) is 17.1 Å². The van der Waals surface area contributed by atoms with E-state index < -0.39 is 17.3 Å². The molecule has 10 heteroatoms. The van der Waals surface area contributed by atoms with E-state index in [4.69, 9.17) is 0 Å². The zero-order valence-corrected chi connectivity index (χ0v) is 17.9. The molecule has 0 aliphatic heterocycles. The number of H-pyrrole nitrogens is 1. The third-order valence-corrected chi connectivity index (χ3v) is 5.28. The van der Waals surface area contributed by atoms with Gasteiger partial charge in [0.05, 0.1) is 16.8 Å². The van der Waals surface area contributed by atoms with Gasteiger partial charge in [-0.2, -0.15) is 5.10 Å². The highest BCUT2D eigenvalue weighted by Gasteiger charge is 2.24. The second-order valence-electron chi connectivity index (χ2n) is 7.56. The van der Waals surface area contributed by atoms with Crippen LogP contribution >= 0.6 is 0 Å². The quantitative estimate of drug-likeness (QED) is 0.271. The van der Waals surface area contributed by atoms with Crippen LogP contribution in [0.5, 0.6) is 11.5 Å². The van der Waals surface area contributed by atoms with Gasteiger partial charge >= 0.3 is 5.69 Å². The normalized spacial score (nSPS) is 10.8. The molecule has 2 heterocycles. The Morgan fingerprint density at radius 3 is 2.58 bits per heavy atom. The molecule has 0 spiro atoms. The number of carbonyl (C=O) groups is 1. The topological polar surface area (TPSA) is 136 Å². The fourth-order valence-corrected chi connectivity index (χ4v) is 3.56. The van der Waals surface area contributed by atoms with Crippen LogP contribution in [0.3, 0.4) is 0 Å². The van der Waals surface area contributed by atoms with Gasteiger partial charge < -0.3 is 15.1 Å². The van der Waals surface area contributed by atoms with Crippen LogP contribution in [0.15, 0.2) is 65.6 Å². The van der Waals surface area contributed by atoms with E-state index in [0.717, 1.165) is 16.4 Å². The number of nitrogens with zero attached hydrogens (tertiary/aromatic N) is 4. The summed E-state index contributed by atoms with van der Waals surface area (Å²) < 4.78 is 2.19. The molecule has 2 aromatic carbocycles. The number of nitrogens with one attached hydrogen (secondary N) is 1. The Balaban J connectivity index is 1.77. The molecule has 0 bridgehead atoms. The first-order chi connectivity index (χ1) is 15.8. The first-order valence-electron chi connectivity index (χ1n) is 10.0. The van der Waals surface area contributed by atoms with Gasteiger partial charge in [0, 0.05) is 30.0 Å². The van der Waals surface area contributed by atoms with Crippen LogP contribution in [0.2, 0.25) is 0 Å². The van der Waals surface area contributed by atoms with Crippen molar-refractivity contribution in [3.05, 3.63) is 88.1 Å². The first-order valence-corrected chi connectivity index (χ1v) is 10.0. The largest absolute Gasteiger partial charge is 0.507 e. The van der Waals surface area contributed by atoms with Crippen molar-refractivity contribution in [3.8, 4) is 28.6 Å². The number of para-hydroxylation sites is 1. The number of rotatable bonds is 5. The fourth-order valence-electron chi connectivity index (χ4n) is 3.56. The van der Waals surface area contributed by atoms with Crippen LogP contribution in [0.4, 0.5) is 0 Å². The molecule has 33 heavy (non-hydrogen) atoms. The molecular weight excluding hydrogens is 426 g/mol. The number of aromatic amines is 1. The van der Waals surface area contributed by atoms with Crippen molar-refractivity contribution in [3.63, 3.8) is 0 Å². The number of hydrogen-bond donors (Lipinski definition) is 4. The number of aromatic hydroxyl groups is 2. The summed E-state index contributed by atoms with van der Waals surface area (Å²) in [6.45, 7) is 1.89. The van der Waals surface area contributed by atoms with Gasteiger partial charge in [-0.25, -0.2) is 14.5 Å². The highest BCUT2D eigenvalue weighted by Crippen LogP contribution is 2.35. The van der Waals surface area contributed by atoms with Gasteiger partial charge in [-0.15, -0.1) is 0 Å². The molecule has 0 aliphatic rings. The average molecular weight is 448 g/mol. The van der Waals surface area contributed by atoms with Crippen LogP contribution in [-0.2, 0) is 6.54 Å². The standard InChI is InChI=1S/C23H21N5O5/c1-14-7-3-4-9-18(14)28-21(24-25-23(28)32)16-11-17(20(30)12-19(16)29)22(31)26(2)13-15-8-5-6-10-27(15)33/h3-12H,13H2,1-2H3,(H3-,24,25,29,30,31,32,33)/p+1. The van der Waals surface area contributed by atoms with Crippen LogP contribution in [-0.4, -0.2) is 48.0 Å². The molecule has 168 valence electrons. The molecule has 4 aromatic rings. The molecule has 0 saturated heterocycles. The highest BCUT2D eigenvalue weighted by molar-refractivity contribution is 5.98. The summed E-state index contributed by atoms with van der Waals surface area (Å²) in [5.41, 5.74) is 1.28. The Kier molecular flexibility index (Phi) is 5.57. The summed E-state index contributed by atoms with van der Waals surface area (Å²) >= 11 is 0. The van der Waals surface area contributed by atoms with Crippen molar-refractivity contribution in [1.29, 1.82) is 0 Å². The summed E-state index contributed by atoms with van der Waals surface area (Å²) in [7, 11) is 1.51. The van der Waals surface area contributed by atoms with Gasteiger partial charge in [0.15, 0.2) is 5.82 Å². The van der Waals surface area contributed by atoms with Gasteiger partial charge in [-0.3, -0.25) is 10.0 Å². The molecule has 0 fully saturated rings. The number of phenolic OH excluding ortho intramolecular Hbond substituents is 2. The number of amides is 1. The number of aromatic nitrogens is 4. The monoisotopic (exact) mass is 448 g/mol. The molecule has 0 radical (unpaired) electrons. The number of hydrogen-bond acceptors (Lipinski definition) is 6. The molecule has 4 N–H and O–H groups in total. The molecule has 1 amide bonds. The van der Waals surface area contributed by atoms with Gasteiger partial charge in [0.25, 0.3) is 11.6 Å². The number of phenols is 2. The van der Waals surface area contributed by atoms with E-state index >= 15 is 0 Å². The minimum Gasteiger partial charge on any atom is -0.507 e. The van der Waals surface area contributed by atoms with Crippen molar-refractivity contribution < 1.29 is 24.9 Å². The molecule has 0 saturated carbocycles. The Bertz CT molecular complexity index is 1410. The number of pyridine rings is 1. The van der Waals surface area contributed by atoms with E-state index in [2.05, 4.69) is 10.2 Å². The lowest BCUT2D eigenvalue weighted by atomic mass is 10.1. The van der Waals surface area contributed by atoms with E-state index in [1.165, 1.54) is 28.8 Å². The third-order valence-electron chi connectivity index (χ3n) is 5.28. The van der Waals surface area contributed by atoms with Crippen molar-refractivity contribution in [1.82, 2.24) is 19.7 Å². The Morgan fingerprint density at radius 2 is 1.85 bits per heavy atom. The summed E-state index contributed by atoms with van der Waals surface area (Å²) in [4.78, 5) is 26.9. The van der Waals surface area contributed by atoms with Crippen molar-refractivity contribution in [2.45, 2.75) is 13.5 Å². The minimum absolute atomic E-state index is 0.0577. The summed E-state index contributed by atoms with van der Waals surface area (Å²) in [5.74, 6) is -1.26. The Hall–Kier alpha value is -4.60. The summed E-state index contributed by atoms with van der Waals surface area (Å²) in [5, 5.41) is 37.2. The zero-order chi connectivity index (χ0) is 23.7. The van der Waals surface area contributed by atoms with Gasteiger partial charge in [-0.1, -0.05) is 18.2 Å². The molecule has 10 nitrogen and oxygen atoms in total. The molecule has 0 aliphatic carbocycles. The van der Waals surface area contributed by atoms with E-state index in [0.29, 0.717) is 11.4 Å². The third kappa shape index (κ3) is 4.01. The first kappa shape index (κ1) is 21.6. The van der Waals surface area contributed by atoms with E-state index in [9.17, 15) is 25.0 Å². The molecule has 0 atom stereocenters. The maximum atomic E-state index is 13.1. The van der Waals surface area contributed by atoms with Gasteiger partial charge in [-0.05, 0) is 30.7 Å². The van der Waals surface area contributed by atoms with Crippen molar-refractivity contribution in [2.75, 3.05) is 7.05 Å². The maximum absolute atomic E-state index is 13.1. The number of benzene rings is 2. The van der Waals surface area contributed by atoms with E-state index in [1.807, 2.05) is 19.1 Å². The predicted octanol–water partition coefficient (Wildman–Crippen LogP) is 1.74. The molecular formula is C23H22N5O5+. The van der Waals surface area contributed by atoms with E-state index in [-0.39, 0.29) is 29.2 Å². The van der Waals surface area contributed by atoms with Crippen molar-refractivity contribution in [2.24, 2.45) is 0 Å². The second-order valence-corrected chi connectivity index (χ2v) is 7.56. The lowest BCUT2D eigenvalue weighted by molar-refractivity contribution is -0.910. The smallest absolute Gasteiger partial charge is 0.348 e. The number of carbonyl (C=O) groups excluding carboxylic acids is 1. The zero-order valence-electron chi connectivity index (χ0n) is 17.9. The lowest BCUT2D eigenvalue weighted by Crippen LogP contribution is -2.38. The van der Waals surface area contributed by atoms with Crippen LogP contribution < -0.4 is 10.4 Å². The molecule has 2 aromatic heterocycles. The molecule has 0 unspecified atom stereocenters. The Morgan fingerprint density at radius 1 is 1.12 bits per heavy atom. The second kappa shape index (κ2) is 8.50. The lowest BCUT2D eigenvalue weighted by Gasteiger charge is -2.17. The minimum atomic E-state index is -0.557. The van der Waals surface area contributed by atoms with E-state index in [1.54, 1.807) is 30.3 Å². The predicted molar refractivity (Wildman–Crippen MR) is 117 cm³/mol. The number of aryl methyl sites for hydroxylation is 1. The average Bonchev–Trinajstić information content (AvgIpc) is 3.16. The van der Waals surface area contributed by atoms with Crippen LogP contribution in [0.1, 0.15) is 21.6 Å². The van der Waals surface area contributed by atoms with Crippen molar-refractivity contribution >= 4 is 5.91 Å². The summed E-state index contributed by atoms with van der Waals surface area (Å²) in [6.07, 6.45) is 1.44. The maximum Gasteiger partial charge on any atom is 0.348 e. The summed E-state index contributed by atoms with van der Waals surface area (Å²) in [6, 6.07) is 14.5. The Labute approximate surface area is 188 Å². The fraction of sp³-hybridized carbons (Fsp3) is 0.130. The van der Waals surface area contributed by atoms with Gasteiger partial charge in [0.1, 0.15) is 18.0 Å². The molecule has 4 rings (SSSR count).